The number of pyridine rings is 1. The van der Waals surface area contributed by atoms with Crippen LogP contribution in [0.4, 0.5) is 5.69 Å². The van der Waals surface area contributed by atoms with Crippen LogP contribution in [0.25, 0.3) is 6.08 Å². The molecule has 0 bridgehead atoms. The molecule has 0 spiro atoms. The number of carbonyl (C=O) groups is 1. The van der Waals surface area contributed by atoms with Crippen molar-refractivity contribution in [1.82, 2.24) is 4.98 Å². The third-order valence-electron chi connectivity index (χ3n) is 1.37. The zero-order valence-electron chi connectivity index (χ0n) is 6.65. The number of nitrogens with two attached hydrogens (primary N) is 1. The van der Waals surface area contributed by atoms with E-state index < -0.39 is 5.97 Å². The minimum atomic E-state index is -1.05. The molecule has 0 aliphatic carbocycles. The second-order valence-electron chi connectivity index (χ2n) is 2.39. The van der Waals surface area contributed by atoms with Crippen LogP contribution in [0.2, 0.25) is 0 Å². The van der Waals surface area contributed by atoms with Gasteiger partial charge in [-0.15, -0.1) is 0 Å². The van der Waals surface area contributed by atoms with Gasteiger partial charge in [-0.05, 0) is 17.7 Å². The van der Waals surface area contributed by atoms with Crippen molar-refractivity contribution < 1.29 is 9.90 Å². The highest BCUT2D eigenvalue weighted by atomic mass is 16.4. The van der Waals surface area contributed by atoms with Crippen LogP contribution in [-0.2, 0) is 4.79 Å². The van der Waals surface area contributed by atoms with E-state index in [1.807, 2.05) is 0 Å². The average molecular weight is 180 g/mol. The summed E-state index contributed by atoms with van der Waals surface area (Å²) in [6.45, 7) is 0. The third kappa shape index (κ3) is 2.48. The second kappa shape index (κ2) is 3.57. The van der Waals surface area contributed by atoms with Crippen molar-refractivity contribution in [2.45, 2.75) is 0 Å². The molecular formula is C8H8N2O3. The highest BCUT2D eigenvalue weighted by molar-refractivity contribution is 5.85. The van der Waals surface area contributed by atoms with Crippen LogP contribution in [0.3, 0.4) is 0 Å². The first kappa shape index (κ1) is 9.05. The highest BCUT2D eigenvalue weighted by Crippen LogP contribution is 2.01. The summed E-state index contributed by atoms with van der Waals surface area (Å²) in [6.07, 6.45) is 3.69. The van der Waals surface area contributed by atoms with E-state index in [4.69, 9.17) is 10.8 Å². The van der Waals surface area contributed by atoms with Crippen LogP contribution >= 0.6 is 0 Å². The molecule has 1 aromatic heterocycles. The Labute approximate surface area is 73.5 Å². The molecule has 0 aliphatic heterocycles. The molecular weight excluding hydrogens is 172 g/mol. The summed E-state index contributed by atoms with van der Waals surface area (Å²) < 4.78 is 0. The van der Waals surface area contributed by atoms with Crippen molar-refractivity contribution in [3.63, 3.8) is 0 Å². The molecule has 0 fully saturated rings. The van der Waals surface area contributed by atoms with Gasteiger partial charge in [0, 0.05) is 12.3 Å². The Hall–Kier alpha value is -2.04. The number of anilines is 1. The fourth-order valence-electron chi connectivity index (χ4n) is 0.783. The van der Waals surface area contributed by atoms with E-state index >= 15 is 0 Å². The van der Waals surface area contributed by atoms with Gasteiger partial charge in [0.1, 0.15) is 0 Å². The number of nitrogens with one attached hydrogen (secondary N) is 1. The van der Waals surface area contributed by atoms with Crippen molar-refractivity contribution in [1.29, 1.82) is 0 Å². The van der Waals surface area contributed by atoms with Crippen molar-refractivity contribution in [3.8, 4) is 0 Å². The van der Waals surface area contributed by atoms with Gasteiger partial charge in [-0.1, -0.05) is 0 Å². The van der Waals surface area contributed by atoms with E-state index in [2.05, 4.69) is 4.98 Å². The molecule has 68 valence electrons. The zero-order valence-corrected chi connectivity index (χ0v) is 6.65. The quantitative estimate of drug-likeness (QED) is 0.560. The largest absolute Gasteiger partial charge is 0.478 e. The number of carboxylic acid groups (broad SMARTS) is 1. The predicted octanol–water partition coefficient (Wildman–Crippen LogP) is 0.0549. The molecule has 13 heavy (non-hydrogen) atoms. The maximum absolute atomic E-state index is 10.8. The fraction of sp³-hybridized carbons (Fsp3) is 0. The Morgan fingerprint density at radius 1 is 1.62 bits per heavy atom. The number of rotatable bonds is 2. The molecule has 0 saturated carbocycles. The highest BCUT2D eigenvalue weighted by Gasteiger charge is 1.94. The van der Waals surface area contributed by atoms with Gasteiger partial charge in [-0.3, -0.25) is 4.79 Å². The van der Waals surface area contributed by atoms with Crippen molar-refractivity contribution >= 4 is 17.7 Å². The Balaban J connectivity index is 2.98. The second-order valence-corrected chi connectivity index (χ2v) is 2.39. The van der Waals surface area contributed by atoms with Gasteiger partial charge in [-0.25, -0.2) is 4.79 Å². The summed E-state index contributed by atoms with van der Waals surface area (Å²) in [7, 11) is 0. The van der Waals surface area contributed by atoms with Gasteiger partial charge in [0.05, 0.1) is 5.69 Å². The predicted molar refractivity (Wildman–Crippen MR) is 48.1 cm³/mol. The molecule has 0 aliphatic rings. The molecule has 0 atom stereocenters. The van der Waals surface area contributed by atoms with Crippen LogP contribution in [0.5, 0.6) is 0 Å². The Morgan fingerprint density at radius 3 is 2.85 bits per heavy atom. The number of aromatic nitrogens is 1. The maximum Gasteiger partial charge on any atom is 0.328 e. The van der Waals surface area contributed by atoms with E-state index in [1.165, 1.54) is 18.3 Å². The Kier molecular flexibility index (Phi) is 2.49. The van der Waals surface area contributed by atoms with Crippen molar-refractivity contribution in [2.75, 3.05) is 5.73 Å². The van der Waals surface area contributed by atoms with E-state index in [1.54, 1.807) is 0 Å². The number of hydrogen-bond acceptors (Lipinski definition) is 3. The van der Waals surface area contributed by atoms with E-state index in [9.17, 15) is 9.59 Å². The van der Waals surface area contributed by atoms with Crippen molar-refractivity contribution in [3.05, 3.63) is 34.3 Å². The van der Waals surface area contributed by atoms with E-state index in [-0.39, 0.29) is 11.2 Å². The first-order valence-corrected chi connectivity index (χ1v) is 3.49. The SMILES string of the molecule is Nc1cc(C=CC(=O)O)c[nH]c1=O. The van der Waals surface area contributed by atoms with Gasteiger partial charge in [0.25, 0.3) is 5.56 Å². The molecule has 1 heterocycles. The first-order valence-electron chi connectivity index (χ1n) is 3.49. The molecule has 0 amide bonds. The molecule has 0 saturated heterocycles. The lowest BCUT2D eigenvalue weighted by Crippen LogP contribution is -2.10. The molecule has 0 radical (unpaired) electrons. The number of aromatic amines is 1. The summed E-state index contributed by atoms with van der Waals surface area (Å²) in [5.41, 5.74) is 5.52. The summed E-state index contributed by atoms with van der Waals surface area (Å²) in [5, 5.41) is 8.31. The van der Waals surface area contributed by atoms with Gasteiger partial charge in [0.2, 0.25) is 0 Å². The van der Waals surface area contributed by atoms with Crippen LogP contribution in [0, 0.1) is 0 Å². The smallest absolute Gasteiger partial charge is 0.328 e. The molecule has 0 unspecified atom stereocenters. The fourth-order valence-corrected chi connectivity index (χ4v) is 0.783. The van der Waals surface area contributed by atoms with Crippen LogP contribution in [-0.4, -0.2) is 16.1 Å². The van der Waals surface area contributed by atoms with Gasteiger partial charge in [0.15, 0.2) is 0 Å². The summed E-state index contributed by atoms with van der Waals surface area (Å²) in [6, 6.07) is 1.40. The summed E-state index contributed by atoms with van der Waals surface area (Å²) in [5.74, 6) is -1.05. The topological polar surface area (TPSA) is 96.2 Å². The lowest BCUT2D eigenvalue weighted by Gasteiger charge is -1.93. The number of nitrogen functional groups attached to an aromatic ring is 1. The molecule has 5 nitrogen and oxygen atoms in total. The van der Waals surface area contributed by atoms with Crippen molar-refractivity contribution in [2.24, 2.45) is 0 Å². The Morgan fingerprint density at radius 2 is 2.31 bits per heavy atom. The standard InChI is InChI=1S/C8H8N2O3/c9-6-3-5(1-2-7(11)12)4-10-8(6)13/h1-4H,9H2,(H,10,13)(H,11,12). The van der Waals surface area contributed by atoms with Crippen LogP contribution in [0.15, 0.2) is 23.1 Å². The number of hydrogen-bond donors (Lipinski definition) is 3. The Bertz CT molecular complexity index is 406. The molecule has 0 aromatic carbocycles. The monoisotopic (exact) mass is 180 g/mol. The number of aliphatic carboxylic acids is 1. The zero-order chi connectivity index (χ0) is 9.84. The minimum Gasteiger partial charge on any atom is -0.478 e. The van der Waals surface area contributed by atoms with E-state index in [0.29, 0.717) is 5.56 Å². The normalized spacial score (nSPS) is 10.5. The first-order chi connectivity index (χ1) is 6.09. The lowest BCUT2D eigenvalue weighted by molar-refractivity contribution is -0.131. The maximum atomic E-state index is 10.8. The van der Waals surface area contributed by atoms with E-state index in [0.717, 1.165) is 6.08 Å². The third-order valence-corrected chi connectivity index (χ3v) is 1.37. The van der Waals surface area contributed by atoms with Crippen LogP contribution in [0.1, 0.15) is 5.56 Å². The summed E-state index contributed by atoms with van der Waals surface area (Å²) in [4.78, 5) is 23.3. The number of H-pyrrole nitrogens is 1. The van der Waals surface area contributed by atoms with Gasteiger partial charge < -0.3 is 15.8 Å². The van der Waals surface area contributed by atoms with Gasteiger partial charge in [-0.2, -0.15) is 0 Å². The average Bonchev–Trinajstić information content (AvgIpc) is 2.07. The van der Waals surface area contributed by atoms with Crippen LogP contribution < -0.4 is 11.3 Å². The lowest BCUT2D eigenvalue weighted by atomic mass is 10.2. The number of carboxylic acids is 1. The molecule has 1 aromatic rings. The molecule has 1 rings (SSSR count). The van der Waals surface area contributed by atoms with Gasteiger partial charge >= 0.3 is 5.97 Å². The minimum absolute atomic E-state index is 0.0625. The molecule has 5 heteroatoms. The summed E-state index contributed by atoms with van der Waals surface area (Å²) >= 11 is 0. The molecule has 4 N–H and O–H groups in total.